The van der Waals surface area contributed by atoms with Crippen molar-refractivity contribution in [3.05, 3.63) is 11.4 Å². The highest BCUT2D eigenvalue weighted by Gasteiger charge is 2.31. The van der Waals surface area contributed by atoms with E-state index in [0.717, 1.165) is 0 Å². The molecular formula is C11H17F3N4O. The molecule has 0 radical (unpaired) electrons. The zero-order chi connectivity index (χ0) is 14.8. The first kappa shape index (κ1) is 15.3. The third-order valence-electron chi connectivity index (χ3n) is 2.60. The summed E-state index contributed by atoms with van der Waals surface area (Å²) in [4.78, 5) is 11.9. The van der Waals surface area contributed by atoms with Crippen LogP contribution in [-0.4, -0.2) is 27.9 Å². The molecule has 0 saturated heterocycles. The quantitative estimate of drug-likeness (QED) is 0.883. The Hall–Kier alpha value is -1.73. The third-order valence-corrected chi connectivity index (χ3v) is 2.60. The van der Waals surface area contributed by atoms with Crippen molar-refractivity contribution >= 4 is 11.6 Å². The second kappa shape index (κ2) is 5.50. The van der Waals surface area contributed by atoms with E-state index >= 15 is 0 Å². The van der Waals surface area contributed by atoms with Gasteiger partial charge in [0.25, 0.3) is 5.91 Å². The Morgan fingerprint density at radius 1 is 1.53 bits per heavy atom. The van der Waals surface area contributed by atoms with Crippen LogP contribution in [0.5, 0.6) is 0 Å². The van der Waals surface area contributed by atoms with Crippen molar-refractivity contribution in [3.63, 3.8) is 0 Å². The van der Waals surface area contributed by atoms with Crippen molar-refractivity contribution in [3.8, 4) is 0 Å². The first-order valence-electron chi connectivity index (χ1n) is 5.86. The molecule has 1 atom stereocenters. The molecule has 1 rings (SSSR count). The van der Waals surface area contributed by atoms with Crippen LogP contribution in [0.2, 0.25) is 0 Å². The topological polar surface area (TPSA) is 72.9 Å². The molecule has 0 spiro atoms. The number of nitrogens with one attached hydrogen (secondary N) is 1. The summed E-state index contributed by atoms with van der Waals surface area (Å²) in [6.45, 7) is 5.11. The number of alkyl halides is 3. The highest BCUT2D eigenvalue weighted by Crippen LogP contribution is 2.22. The average molecular weight is 278 g/mol. The van der Waals surface area contributed by atoms with E-state index < -0.39 is 24.5 Å². The van der Waals surface area contributed by atoms with Gasteiger partial charge in [0.05, 0.1) is 17.8 Å². The molecule has 0 aliphatic rings. The Kier molecular flexibility index (Phi) is 4.43. The second-order valence-corrected chi connectivity index (χ2v) is 4.36. The predicted octanol–water partition coefficient (Wildman–Crippen LogP) is 1.86. The summed E-state index contributed by atoms with van der Waals surface area (Å²) in [6, 6.07) is -1.02. The summed E-state index contributed by atoms with van der Waals surface area (Å²) in [7, 11) is 0. The van der Waals surface area contributed by atoms with Crippen molar-refractivity contribution < 1.29 is 18.0 Å². The predicted molar refractivity (Wildman–Crippen MR) is 64.7 cm³/mol. The first-order valence-corrected chi connectivity index (χ1v) is 5.86. The molecule has 0 saturated carbocycles. The Morgan fingerprint density at radius 2 is 2.11 bits per heavy atom. The number of carbonyl (C=O) groups excluding carboxylic acids is 1. The number of nitrogen functional groups attached to an aromatic ring is 1. The summed E-state index contributed by atoms with van der Waals surface area (Å²) in [5, 5.41) is 6.32. The normalized spacial score (nSPS) is 13.4. The summed E-state index contributed by atoms with van der Waals surface area (Å²) >= 11 is 0. The maximum atomic E-state index is 12.2. The molecule has 1 unspecified atom stereocenters. The van der Waals surface area contributed by atoms with Gasteiger partial charge >= 0.3 is 6.18 Å². The van der Waals surface area contributed by atoms with Gasteiger partial charge in [0, 0.05) is 12.6 Å². The zero-order valence-corrected chi connectivity index (χ0v) is 11.0. The molecule has 3 N–H and O–H groups in total. The molecule has 1 amide bonds. The number of hydrogen-bond donors (Lipinski definition) is 2. The van der Waals surface area contributed by atoms with Crippen molar-refractivity contribution in [2.24, 2.45) is 0 Å². The fraction of sp³-hybridized carbons (Fsp3) is 0.636. The van der Waals surface area contributed by atoms with E-state index in [1.807, 2.05) is 0 Å². The van der Waals surface area contributed by atoms with Crippen LogP contribution in [0.4, 0.5) is 18.9 Å². The standard InChI is InChI=1S/C11H17F3N4O/c1-4-18-9(8(15)7(3)17-18)10(19)16-6(2)5-11(12,13)14/h6H,4-5,15H2,1-3H3,(H,16,19). The molecule has 1 aromatic heterocycles. The van der Waals surface area contributed by atoms with Gasteiger partial charge in [0.15, 0.2) is 0 Å². The lowest BCUT2D eigenvalue weighted by Crippen LogP contribution is -2.37. The van der Waals surface area contributed by atoms with E-state index in [2.05, 4.69) is 10.4 Å². The van der Waals surface area contributed by atoms with Gasteiger partial charge in [-0.15, -0.1) is 0 Å². The highest BCUT2D eigenvalue weighted by molar-refractivity contribution is 5.98. The lowest BCUT2D eigenvalue weighted by molar-refractivity contribution is -0.138. The average Bonchev–Trinajstić information content (AvgIpc) is 2.51. The van der Waals surface area contributed by atoms with E-state index in [1.54, 1.807) is 13.8 Å². The van der Waals surface area contributed by atoms with E-state index in [9.17, 15) is 18.0 Å². The van der Waals surface area contributed by atoms with Gasteiger partial charge in [-0.3, -0.25) is 9.48 Å². The third kappa shape index (κ3) is 3.87. The lowest BCUT2D eigenvalue weighted by atomic mass is 10.2. The first-order chi connectivity index (χ1) is 8.65. The number of rotatable bonds is 4. The molecule has 1 aromatic rings. The number of hydrogen-bond acceptors (Lipinski definition) is 3. The molecule has 0 fully saturated rings. The lowest BCUT2D eigenvalue weighted by Gasteiger charge is -2.16. The van der Waals surface area contributed by atoms with Crippen molar-refractivity contribution in [1.82, 2.24) is 15.1 Å². The summed E-state index contributed by atoms with van der Waals surface area (Å²) in [5.74, 6) is -0.642. The van der Waals surface area contributed by atoms with Gasteiger partial charge in [-0.2, -0.15) is 18.3 Å². The Balaban J connectivity index is 2.84. The molecule has 0 aliphatic carbocycles. The molecule has 8 heteroatoms. The van der Waals surface area contributed by atoms with Gasteiger partial charge < -0.3 is 11.1 Å². The number of nitrogens with two attached hydrogens (primary N) is 1. The van der Waals surface area contributed by atoms with E-state index in [4.69, 9.17) is 5.73 Å². The van der Waals surface area contributed by atoms with E-state index in [0.29, 0.717) is 12.2 Å². The minimum absolute atomic E-state index is 0.106. The molecule has 0 aromatic carbocycles. The van der Waals surface area contributed by atoms with Crippen LogP contribution in [0.15, 0.2) is 0 Å². The molecule has 5 nitrogen and oxygen atoms in total. The minimum Gasteiger partial charge on any atom is -0.395 e. The largest absolute Gasteiger partial charge is 0.395 e. The summed E-state index contributed by atoms with van der Waals surface area (Å²) in [5.41, 5.74) is 6.50. The van der Waals surface area contributed by atoms with Gasteiger partial charge in [0.1, 0.15) is 5.69 Å². The number of halogens is 3. The summed E-state index contributed by atoms with van der Waals surface area (Å²) in [6.07, 6.45) is -5.41. The SMILES string of the molecule is CCn1nc(C)c(N)c1C(=O)NC(C)CC(F)(F)F. The second-order valence-electron chi connectivity index (χ2n) is 4.36. The molecule has 1 heterocycles. The van der Waals surface area contributed by atoms with Crippen LogP contribution in [-0.2, 0) is 6.54 Å². The number of amides is 1. The number of anilines is 1. The van der Waals surface area contributed by atoms with Crippen LogP contribution in [0.25, 0.3) is 0 Å². The maximum Gasteiger partial charge on any atom is 0.391 e. The fourth-order valence-electron chi connectivity index (χ4n) is 1.75. The van der Waals surface area contributed by atoms with E-state index in [1.165, 1.54) is 11.6 Å². The molecule has 0 bridgehead atoms. The fourth-order valence-corrected chi connectivity index (χ4v) is 1.75. The van der Waals surface area contributed by atoms with Crippen LogP contribution >= 0.6 is 0 Å². The van der Waals surface area contributed by atoms with Crippen LogP contribution in [0, 0.1) is 6.92 Å². The minimum atomic E-state index is -4.32. The van der Waals surface area contributed by atoms with Crippen LogP contribution in [0.1, 0.15) is 36.5 Å². The van der Waals surface area contributed by atoms with Crippen molar-refractivity contribution in [2.75, 3.05) is 5.73 Å². The molecule has 0 aliphatic heterocycles. The molecule has 19 heavy (non-hydrogen) atoms. The van der Waals surface area contributed by atoms with Crippen LogP contribution in [0.3, 0.4) is 0 Å². The Morgan fingerprint density at radius 3 is 2.58 bits per heavy atom. The summed E-state index contributed by atoms with van der Waals surface area (Å²) < 4.78 is 38.0. The van der Waals surface area contributed by atoms with Gasteiger partial charge in [-0.05, 0) is 20.8 Å². The van der Waals surface area contributed by atoms with Crippen molar-refractivity contribution in [1.29, 1.82) is 0 Å². The zero-order valence-electron chi connectivity index (χ0n) is 11.0. The Bertz CT molecular complexity index is 467. The van der Waals surface area contributed by atoms with E-state index in [-0.39, 0.29) is 11.4 Å². The molecule has 108 valence electrons. The monoisotopic (exact) mass is 278 g/mol. The van der Waals surface area contributed by atoms with Gasteiger partial charge in [-0.25, -0.2) is 0 Å². The number of aryl methyl sites for hydroxylation is 2. The maximum absolute atomic E-state index is 12.2. The highest BCUT2D eigenvalue weighted by atomic mass is 19.4. The number of aromatic nitrogens is 2. The van der Waals surface area contributed by atoms with Gasteiger partial charge in [-0.1, -0.05) is 0 Å². The molecular weight excluding hydrogens is 261 g/mol. The smallest absolute Gasteiger partial charge is 0.391 e. The van der Waals surface area contributed by atoms with Crippen LogP contribution < -0.4 is 11.1 Å². The number of carbonyl (C=O) groups is 1. The Labute approximate surface area is 109 Å². The van der Waals surface area contributed by atoms with Crippen molar-refractivity contribution in [2.45, 2.75) is 46.0 Å². The van der Waals surface area contributed by atoms with Gasteiger partial charge in [0.2, 0.25) is 0 Å². The number of nitrogens with zero attached hydrogens (tertiary/aromatic N) is 2.